The molecular weight excluding hydrogens is 252 g/mol. The summed E-state index contributed by atoms with van der Waals surface area (Å²) in [5.74, 6) is -0.769. The van der Waals surface area contributed by atoms with Crippen LogP contribution in [0.3, 0.4) is 0 Å². The van der Waals surface area contributed by atoms with Gasteiger partial charge in [0.2, 0.25) is 0 Å². The van der Waals surface area contributed by atoms with Crippen molar-refractivity contribution in [1.82, 2.24) is 0 Å². The number of nitriles is 1. The highest BCUT2D eigenvalue weighted by Crippen LogP contribution is 2.50. The number of benzene rings is 1. The van der Waals surface area contributed by atoms with E-state index in [2.05, 4.69) is 0 Å². The molecule has 1 heterocycles. The molecule has 1 aliphatic rings. The average molecular weight is 262 g/mol. The van der Waals surface area contributed by atoms with Crippen molar-refractivity contribution >= 4 is 11.7 Å². The molecule has 0 saturated carbocycles. The highest BCUT2D eigenvalue weighted by atomic mass is 16.7. The van der Waals surface area contributed by atoms with Crippen molar-refractivity contribution in [2.45, 2.75) is 18.6 Å². The second-order valence-corrected chi connectivity index (χ2v) is 3.92. The fourth-order valence-electron chi connectivity index (χ4n) is 1.78. The number of carbonyl (C=O) groups is 1. The van der Waals surface area contributed by atoms with Gasteiger partial charge in [-0.25, -0.2) is 4.79 Å². The van der Waals surface area contributed by atoms with Crippen molar-refractivity contribution in [3.05, 3.63) is 39.9 Å². The monoisotopic (exact) mass is 262 g/mol. The van der Waals surface area contributed by atoms with Crippen LogP contribution in [-0.4, -0.2) is 23.1 Å². The molecule has 98 valence electrons. The smallest absolute Gasteiger partial charge is 0.356 e. The van der Waals surface area contributed by atoms with Gasteiger partial charge in [0.15, 0.2) is 0 Å². The quantitative estimate of drug-likeness (QED) is 0.352. The molecule has 1 aromatic rings. The van der Waals surface area contributed by atoms with Crippen LogP contribution < -0.4 is 0 Å². The van der Waals surface area contributed by atoms with E-state index < -0.39 is 22.6 Å². The van der Waals surface area contributed by atoms with E-state index in [0.717, 1.165) is 0 Å². The number of nitro benzene ring substituents is 1. The van der Waals surface area contributed by atoms with Gasteiger partial charge in [0.05, 0.1) is 11.5 Å². The van der Waals surface area contributed by atoms with Crippen molar-refractivity contribution in [2.24, 2.45) is 0 Å². The topological polar surface area (TPSA) is 106 Å². The number of nitrogens with zero attached hydrogens (tertiary/aromatic N) is 2. The molecule has 7 heteroatoms. The van der Waals surface area contributed by atoms with Gasteiger partial charge in [-0.05, 0) is 12.5 Å². The number of non-ortho nitro benzene ring substituents is 1. The molecule has 0 spiro atoms. The first-order valence-electron chi connectivity index (χ1n) is 5.55. The largest absolute Gasteiger partial charge is 0.463 e. The third-order valence-corrected chi connectivity index (χ3v) is 2.74. The number of ether oxygens (including phenoxy) is 2. The Bertz CT molecular complexity index is 580. The van der Waals surface area contributed by atoms with Crippen molar-refractivity contribution in [3.8, 4) is 6.07 Å². The third-order valence-electron chi connectivity index (χ3n) is 2.74. The molecule has 1 aliphatic heterocycles. The minimum Gasteiger partial charge on any atom is -0.463 e. The molecular formula is C12H10N2O5. The SMILES string of the molecule is CCOC(=O)C1(C#N)OC1c1cccc([N+](=O)[O-])c1. The fourth-order valence-corrected chi connectivity index (χ4v) is 1.78. The Labute approximate surface area is 108 Å². The number of hydrogen-bond acceptors (Lipinski definition) is 6. The normalized spacial score (nSPS) is 24.3. The van der Waals surface area contributed by atoms with E-state index in [-0.39, 0.29) is 12.3 Å². The maximum Gasteiger partial charge on any atom is 0.356 e. The number of esters is 1. The van der Waals surface area contributed by atoms with E-state index >= 15 is 0 Å². The van der Waals surface area contributed by atoms with Crippen LogP contribution in [0.15, 0.2) is 24.3 Å². The number of epoxide rings is 1. The Kier molecular flexibility index (Phi) is 3.19. The summed E-state index contributed by atoms with van der Waals surface area (Å²) < 4.78 is 9.90. The number of hydrogen-bond donors (Lipinski definition) is 0. The molecule has 1 saturated heterocycles. The first-order chi connectivity index (χ1) is 9.05. The Balaban J connectivity index is 2.26. The highest BCUT2D eigenvalue weighted by Gasteiger charge is 2.66. The van der Waals surface area contributed by atoms with Crippen LogP contribution in [0.1, 0.15) is 18.6 Å². The lowest BCUT2D eigenvalue weighted by Crippen LogP contribution is -2.26. The van der Waals surface area contributed by atoms with Gasteiger partial charge < -0.3 is 9.47 Å². The first-order valence-corrected chi connectivity index (χ1v) is 5.55. The van der Waals surface area contributed by atoms with Gasteiger partial charge in [-0.15, -0.1) is 0 Å². The predicted octanol–water partition coefficient (Wildman–Crippen LogP) is 1.49. The van der Waals surface area contributed by atoms with Crippen LogP contribution in [0.2, 0.25) is 0 Å². The molecule has 2 rings (SSSR count). The van der Waals surface area contributed by atoms with Gasteiger partial charge >= 0.3 is 5.97 Å². The molecule has 0 bridgehead atoms. The van der Waals surface area contributed by atoms with Gasteiger partial charge in [-0.3, -0.25) is 10.1 Å². The minimum atomic E-state index is -1.68. The minimum absolute atomic E-state index is 0.122. The zero-order chi connectivity index (χ0) is 14.0. The summed E-state index contributed by atoms with van der Waals surface area (Å²) in [6, 6.07) is 7.41. The lowest BCUT2D eigenvalue weighted by molar-refractivity contribution is -0.384. The molecule has 0 radical (unpaired) electrons. The summed E-state index contributed by atoms with van der Waals surface area (Å²) in [6.07, 6.45) is -0.823. The third kappa shape index (κ3) is 2.13. The van der Waals surface area contributed by atoms with E-state index in [1.165, 1.54) is 18.2 Å². The average Bonchev–Trinajstić information content (AvgIpc) is 3.15. The van der Waals surface area contributed by atoms with Crippen LogP contribution in [0.5, 0.6) is 0 Å². The van der Waals surface area contributed by atoms with Crippen molar-refractivity contribution in [3.63, 3.8) is 0 Å². The van der Waals surface area contributed by atoms with E-state index in [4.69, 9.17) is 14.7 Å². The molecule has 0 aliphatic carbocycles. The van der Waals surface area contributed by atoms with E-state index in [0.29, 0.717) is 5.56 Å². The summed E-state index contributed by atoms with van der Waals surface area (Å²) in [5, 5.41) is 19.7. The van der Waals surface area contributed by atoms with Gasteiger partial charge in [-0.2, -0.15) is 5.26 Å². The van der Waals surface area contributed by atoms with E-state index in [9.17, 15) is 14.9 Å². The maximum absolute atomic E-state index is 11.7. The molecule has 0 amide bonds. The van der Waals surface area contributed by atoms with Gasteiger partial charge in [-0.1, -0.05) is 12.1 Å². The van der Waals surface area contributed by atoms with E-state index in [1.54, 1.807) is 19.1 Å². The maximum atomic E-state index is 11.7. The lowest BCUT2D eigenvalue weighted by atomic mass is 10.0. The van der Waals surface area contributed by atoms with Crippen LogP contribution in [-0.2, 0) is 14.3 Å². The summed E-state index contributed by atoms with van der Waals surface area (Å²) in [4.78, 5) is 21.8. The van der Waals surface area contributed by atoms with Crippen LogP contribution in [0.4, 0.5) is 5.69 Å². The summed E-state index contributed by atoms with van der Waals surface area (Å²) in [5.41, 5.74) is -1.39. The molecule has 0 aromatic heterocycles. The number of carbonyl (C=O) groups excluding carboxylic acids is 1. The van der Waals surface area contributed by atoms with E-state index in [1.807, 2.05) is 0 Å². The zero-order valence-corrected chi connectivity index (χ0v) is 10.0. The van der Waals surface area contributed by atoms with Crippen molar-refractivity contribution in [2.75, 3.05) is 6.61 Å². The highest BCUT2D eigenvalue weighted by molar-refractivity contribution is 5.87. The Morgan fingerprint density at radius 1 is 1.68 bits per heavy atom. The zero-order valence-electron chi connectivity index (χ0n) is 10.0. The second kappa shape index (κ2) is 4.66. The summed E-state index contributed by atoms with van der Waals surface area (Å²) in [6.45, 7) is 1.75. The summed E-state index contributed by atoms with van der Waals surface area (Å²) >= 11 is 0. The predicted molar refractivity (Wildman–Crippen MR) is 61.9 cm³/mol. The van der Waals surface area contributed by atoms with Gasteiger partial charge in [0.1, 0.15) is 12.2 Å². The summed E-state index contributed by atoms with van der Waals surface area (Å²) in [7, 11) is 0. The standard InChI is InChI=1S/C12H10N2O5/c1-2-18-11(15)12(7-13)10(19-12)8-4-3-5-9(6-8)14(16)17/h3-6,10H,2H2,1H3. The lowest BCUT2D eigenvalue weighted by Gasteiger charge is -2.03. The first kappa shape index (κ1) is 13.0. The molecule has 19 heavy (non-hydrogen) atoms. The van der Waals surface area contributed by atoms with Crippen molar-refractivity contribution in [1.29, 1.82) is 5.26 Å². The van der Waals surface area contributed by atoms with Gasteiger partial charge in [0.25, 0.3) is 11.3 Å². The van der Waals surface area contributed by atoms with Crippen LogP contribution in [0, 0.1) is 21.4 Å². The molecule has 0 N–H and O–H groups in total. The molecule has 2 unspecified atom stereocenters. The molecule has 1 fully saturated rings. The second-order valence-electron chi connectivity index (χ2n) is 3.92. The Morgan fingerprint density at radius 3 is 3.00 bits per heavy atom. The molecule has 2 atom stereocenters. The Hall–Kier alpha value is -2.46. The van der Waals surface area contributed by atoms with Crippen LogP contribution in [0.25, 0.3) is 0 Å². The van der Waals surface area contributed by atoms with Crippen LogP contribution >= 0.6 is 0 Å². The number of nitro groups is 1. The molecule has 7 nitrogen and oxygen atoms in total. The van der Waals surface area contributed by atoms with Crippen molar-refractivity contribution < 1.29 is 19.2 Å². The molecule has 1 aromatic carbocycles. The van der Waals surface area contributed by atoms with Gasteiger partial charge in [0, 0.05) is 12.1 Å². The number of rotatable bonds is 4. The Morgan fingerprint density at radius 2 is 2.42 bits per heavy atom. The fraction of sp³-hybridized carbons (Fsp3) is 0.333.